The Kier molecular flexibility index (Phi) is 2.83. The molecule has 0 radical (unpaired) electrons. The highest BCUT2D eigenvalue weighted by molar-refractivity contribution is 8.82. The SMILES string of the molecule is CN1CC[N+](=C2NCSS2)CC1. The van der Waals surface area contributed by atoms with Gasteiger partial charge in [0, 0.05) is 23.9 Å². The summed E-state index contributed by atoms with van der Waals surface area (Å²) >= 11 is 0. The van der Waals surface area contributed by atoms with Crippen LogP contribution in [-0.2, 0) is 0 Å². The number of nitrogens with one attached hydrogen (secondary N) is 1. The van der Waals surface area contributed by atoms with Crippen LogP contribution in [0.2, 0.25) is 0 Å². The predicted octanol–water partition coefficient (Wildman–Crippen LogP) is 0.242. The average Bonchev–Trinajstić information content (AvgIpc) is 2.58. The van der Waals surface area contributed by atoms with Gasteiger partial charge in [-0.2, -0.15) is 0 Å². The summed E-state index contributed by atoms with van der Waals surface area (Å²) in [5, 5.41) is 4.76. The summed E-state index contributed by atoms with van der Waals surface area (Å²) in [5.41, 5.74) is 0. The first-order valence-corrected chi connectivity index (χ1v) is 6.52. The molecule has 5 heteroatoms. The molecule has 0 aromatic carbocycles. The van der Waals surface area contributed by atoms with Crippen LogP contribution in [-0.4, -0.2) is 53.7 Å². The maximum absolute atomic E-state index is 3.39. The summed E-state index contributed by atoms with van der Waals surface area (Å²) < 4.78 is 2.45. The van der Waals surface area contributed by atoms with Crippen molar-refractivity contribution in [1.29, 1.82) is 0 Å². The monoisotopic (exact) mass is 204 g/mol. The van der Waals surface area contributed by atoms with Gasteiger partial charge in [0.1, 0.15) is 5.88 Å². The van der Waals surface area contributed by atoms with Gasteiger partial charge in [-0.25, -0.2) is 0 Å². The third-order valence-electron chi connectivity index (χ3n) is 2.21. The van der Waals surface area contributed by atoms with Gasteiger partial charge in [0.15, 0.2) is 0 Å². The molecule has 2 aliphatic heterocycles. The van der Waals surface area contributed by atoms with Crippen molar-refractivity contribution in [3.63, 3.8) is 0 Å². The van der Waals surface area contributed by atoms with E-state index >= 15 is 0 Å². The molecule has 0 bridgehead atoms. The highest BCUT2D eigenvalue weighted by atomic mass is 33.1. The minimum absolute atomic E-state index is 1.06. The third kappa shape index (κ3) is 1.89. The molecular formula is C7H14N3S2+. The molecule has 1 N–H and O–H groups in total. The predicted molar refractivity (Wildman–Crippen MR) is 55.7 cm³/mol. The summed E-state index contributed by atoms with van der Waals surface area (Å²) in [6, 6.07) is 0. The topological polar surface area (TPSA) is 18.3 Å². The van der Waals surface area contributed by atoms with Gasteiger partial charge < -0.3 is 0 Å². The molecule has 0 spiro atoms. The Bertz CT molecular complexity index is 187. The number of amidine groups is 1. The number of likely N-dealkylation sites (N-methyl/N-ethyl adjacent to an activating group) is 1. The van der Waals surface area contributed by atoms with Crippen LogP contribution in [0, 0.1) is 0 Å². The lowest BCUT2D eigenvalue weighted by Gasteiger charge is -2.23. The zero-order valence-corrected chi connectivity index (χ0v) is 8.88. The smallest absolute Gasteiger partial charge is 0.299 e. The molecule has 12 heavy (non-hydrogen) atoms. The van der Waals surface area contributed by atoms with Crippen molar-refractivity contribution in [2.75, 3.05) is 39.1 Å². The van der Waals surface area contributed by atoms with Gasteiger partial charge in [0.05, 0.1) is 13.1 Å². The van der Waals surface area contributed by atoms with Crippen molar-refractivity contribution in [2.45, 2.75) is 0 Å². The Morgan fingerprint density at radius 3 is 2.75 bits per heavy atom. The standard InChI is InChI=1S/C7H13N3S2/c1-9-2-4-10(5-3-9)7-8-6-11-12-7/h2-6H2,1H3/p+1. The lowest BCUT2D eigenvalue weighted by molar-refractivity contribution is -0.538. The Morgan fingerprint density at radius 2 is 2.17 bits per heavy atom. The zero-order chi connectivity index (χ0) is 8.39. The molecule has 0 amide bonds. The molecule has 2 aliphatic rings. The summed E-state index contributed by atoms with van der Waals surface area (Å²) in [6.45, 7) is 4.73. The lowest BCUT2D eigenvalue weighted by Crippen LogP contribution is -2.43. The molecule has 2 rings (SSSR count). The number of hydrogen-bond acceptors (Lipinski definition) is 3. The van der Waals surface area contributed by atoms with E-state index in [1.165, 1.54) is 31.3 Å². The van der Waals surface area contributed by atoms with Crippen molar-refractivity contribution >= 4 is 26.8 Å². The van der Waals surface area contributed by atoms with Crippen molar-refractivity contribution in [3.8, 4) is 0 Å². The van der Waals surface area contributed by atoms with Crippen molar-refractivity contribution in [1.82, 2.24) is 10.2 Å². The van der Waals surface area contributed by atoms with Gasteiger partial charge in [-0.3, -0.25) is 14.8 Å². The Morgan fingerprint density at radius 1 is 1.42 bits per heavy atom. The second kappa shape index (κ2) is 3.89. The number of hydrogen-bond donors (Lipinski definition) is 1. The molecule has 2 fully saturated rings. The van der Waals surface area contributed by atoms with E-state index in [4.69, 9.17) is 0 Å². The van der Waals surface area contributed by atoms with E-state index in [2.05, 4.69) is 21.8 Å². The molecule has 0 atom stereocenters. The molecule has 0 aromatic rings. The molecule has 0 unspecified atom stereocenters. The first kappa shape index (κ1) is 8.72. The fourth-order valence-corrected chi connectivity index (χ4v) is 3.44. The second-order valence-corrected chi connectivity index (χ2v) is 5.40. The van der Waals surface area contributed by atoms with Crippen LogP contribution in [0.4, 0.5) is 0 Å². The third-order valence-corrected chi connectivity index (χ3v) is 4.33. The van der Waals surface area contributed by atoms with E-state index in [0.717, 1.165) is 5.88 Å². The van der Waals surface area contributed by atoms with E-state index in [0.29, 0.717) is 0 Å². The van der Waals surface area contributed by atoms with E-state index in [1.54, 1.807) is 0 Å². The molecule has 3 nitrogen and oxygen atoms in total. The van der Waals surface area contributed by atoms with Crippen LogP contribution in [0.25, 0.3) is 0 Å². The quantitative estimate of drug-likeness (QED) is 0.450. The number of piperazine rings is 1. The van der Waals surface area contributed by atoms with Gasteiger partial charge >= 0.3 is 5.17 Å². The molecule has 2 heterocycles. The highest BCUT2D eigenvalue weighted by Gasteiger charge is 2.23. The average molecular weight is 204 g/mol. The summed E-state index contributed by atoms with van der Waals surface area (Å²) in [4.78, 5) is 2.38. The Balaban J connectivity index is 1.99. The fraction of sp³-hybridized carbons (Fsp3) is 0.857. The fourth-order valence-electron chi connectivity index (χ4n) is 1.38. The molecular weight excluding hydrogens is 190 g/mol. The molecule has 0 saturated carbocycles. The van der Waals surface area contributed by atoms with Crippen LogP contribution in [0.15, 0.2) is 0 Å². The van der Waals surface area contributed by atoms with E-state index in [1.807, 2.05) is 21.6 Å². The number of nitrogens with zero attached hydrogens (tertiary/aromatic N) is 2. The van der Waals surface area contributed by atoms with Crippen molar-refractivity contribution in [3.05, 3.63) is 0 Å². The normalized spacial score (nSPS) is 26.1. The second-order valence-electron chi connectivity index (χ2n) is 3.12. The highest BCUT2D eigenvalue weighted by Crippen LogP contribution is 2.26. The zero-order valence-electron chi connectivity index (χ0n) is 7.25. The van der Waals surface area contributed by atoms with Crippen LogP contribution in [0.3, 0.4) is 0 Å². The maximum Gasteiger partial charge on any atom is 0.317 e. The minimum Gasteiger partial charge on any atom is -0.299 e. The first-order valence-electron chi connectivity index (χ1n) is 4.20. The molecule has 68 valence electrons. The molecule has 0 aliphatic carbocycles. The van der Waals surface area contributed by atoms with E-state index in [9.17, 15) is 0 Å². The molecule has 2 saturated heterocycles. The number of rotatable bonds is 0. The van der Waals surface area contributed by atoms with Gasteiger partial charge in [0.25, 0.3) is 0 Å². The summed E-state index contributed by atoms with van der Waals surface area (Å²) in [6.07, 6.45) is 0. The summed E-state index contributed by atoms with van der Waals surface area (Å²) in [5.74, 6) is 1.06. The van der Waals surface area contributed by atoms with E-state index in [-0.39, 0.29) is 0 Å². The van der Waals surface area contributed by atoms with Crippen LogP contribution in [0.1, 0.15) is 0 Å². The van der Waals surface area contributed by atoms with Gasteiger partial charge in [-0.05, 0) is 17.8 Å². The van der Waals surface area contributed by atoms with Gasteiger partial charge in [-0.15, -0.1) is 0 Å². The first-order chi connectivity index (χ1) is 5.86. The molecule has 0 aromatic heterocycles. The van der Waals surface area contributed by atoms with Crippen molar-refractivity contribution < 1.29 is 4.58 Å². The summed E-state index contributed by atoms with van der Waals surface area (Å²) in [7, 11) is 5.96. The van der Waals surface area contributed by atoms with Crippen LogP contribution >= 0.6 is 21.6 Å². The largest absolute Gasteiger partial charge is 0.317 e. The van der Waals surface area contributed by atoms with E-state index < -0.39 is 0 Å². The maximum atomic E-state index is 3.39. The van der Waals surface area contributed by atoms with Crippen molar-refractivity contribution in [2.24, 2.45) is 0 Å². The Hall–Kier alpha value is 0.130. The lowest BCUT2D eigenvalue weighted by atomic mass is 10.4. The van der Waals surface area contributed by atoms with Gasteiger partial charge in [-0.1, -0.05) is 0 Å². The van der Waals surface area contributed by atoms with Crippen LogP contribution in [0.5, 0.6) is 0 Å². The van der Waals surface area contributed by atoms with Gasteiger partial charge in [0.2, 0.25) is 0 Å². The Labute approximate surface area is 81.0 Å². The van der Waals surface area contributed by atoms with Crippen LogP contribution < -0.4 is 5.32 Å². The minimum atomic E-state index is 1.06.